The minimum atomic E-state index is -0.179. The first kappa shape index (κ1) is 14.4. The Morgan fingerprint density at radius 2 is 1.94 bits per heavy atom. The minimum absolute atomic E-state index is 0.0462. The van der Waals surface area contributed by atoms with Crippen LogP contribution in [0.1, 0.15) is 27.2 Å². The molecule has 0 aromatic heterocycles. The van der Waals surface area contributed by atoms with Crippen LogP contribution < -0.4 is 15.4 Å². The fourth-order valence-electron chi connectivity index (χ4n) is 1.58. The molecule has 2 N–H and O–H groups in total. The second-order valence-electron chi connectivity index (χ2n) is 5.18. The maximum atomic E-state index is 11.6. The summed E-state index contributed by atoms with van der Waals surface area (Å²) in [6, 6.07) is 7.66. The number of carbonyl (C=O) groups is 1. The number of para-hydroxylation sites is 2. The summed E-state index contributed by atoms with van der Waals surface area (Å²) in [4.78, 5) is 11.6. The third kappa shape index (κ3) is 5.08. The topological polar surface area (TPSA) is 50.4 Å². The summed E-state index contributed by atoms with van der Waals surface area (Å²) in [6.45, 7) is 6.50. The lowest BCUT2D eigenvalue weighted by atomic mass is 10.1. The number of amides is 1. The van der Waals surface area contributed by atoms with Crippen LogP contribution in [0.15, 0.2) is 24.3 Å². The molecule has 0 aliphatic heterocycles. The zero-order valence-electron chi connectivity index (χ0n) is 11.5. The van der Waals surface area contributed by atoms with E-state index in [1.54, 1.807) is 7.11 Å². The van der Waals surface area contributed by atoms with E-state index < -0.39 is 0 Å². The van der Waals surface area contributed by atoms with Gasteiger partial charge in [0.1, 0.15) is 5.75 Å². The number of methoxy groups -OCH3 is 1. The van der Waals surface area contributed by atoms with Crippen molar-refractivity contribution >= 4 is 11.6 Å². The van der Waals surface area contributed by atoms with Crippen LogP contribution >= 0.6 is 0 Å². The summed E-state index contributed by atoms with van der Waals surface area (Å²) >= 11 is 0. The van der Waals surface area contributed by atoms with Crippen molar-refractivity contribution < 1.29 is 9.53 Å². The van der Waals surface area contributed by atoms with E-state index in [1.165, 1.54) is 0 Å². The number of hydrogen-bond donors (Lipinski definition) is 2. The van der Waals surface area contributed by atoms with Gasteiger partial charge < -0.3 is 15.4 Å². The van der Waals surface area contributed by atoms with Gasteiger partial charge in [0.05, 0.1) is 12.8 Å². The minimum Gasteiger partial charge on any atom is -0.495 e. The highest BCUT2D eigenvalue weighted by atomic mass is 16.5. The van der Waals surface area contributed by atoms with Crippen molar-refractivity contribution in [3.8, 4) is 5.75 Å². The van der Waals surface area contributed by atoms with Crippen molar-refractivity contribution in [1.29, 1.82) is 0 Å². The van der Waals surface area contributed by atoms with Gasteiger partial charge in [-0.1, -0.05) is 12.1 Å². The maximum Gasteiger partial charge on any atom is 0.222 e. The summed E-state index contributed by atoms with van der Waals surface area (Å²) in [5.74, 6) is 0.832. The Bertz CT molecular complexity index is 397. The molecule has 0 heterocycles. The predicted octanol–water partition coefficient (Wildman–Crippen LogP) is 2.41. The first-order valence-corrected chi connectivity index (χ1v) is 6.10. The molecule has 18 heavy (non-hydrogen) atoms. The van der Waals surface area contributed by atoms with Crippen LogP contribution in [0.5, 0.6) is 5.75 Å². The number of benzene rings is 1. The maximum absolute atomic E-state index is 11.6. The summed E-state index contributed by atoms with van der Waals surface area (Å²) in [6.07, 6.45) is 0.440. The SMILES string of the molecule is COc1ccccc1NCCC(=O)NC(C)(C)C. The number of nitrogens with one attached hydrogen (secondary N) is 2. The van der Waals surface area contributed by atoms with Crippen LogP contribution in [0.3, 0.4) is 0 Å². The average molecular weight is 250 g/mol. The fraction of sp³-hybridized carbons (Fsp3) is 0.500. The molecule has 1 aromatic rings. The van der Waals surface area contributed by atoms with E-state index in [0.717, 1.165) is 11.4 Å². The highest BCUT2D eigenvalue weighted by Gasteiger charge is 2.13. The Labute approximate surface area is 109 Å². The monoisotopic (exact) mass is 250 g/mol. The van der Waals surface area contributed by atoms with Gasteiger partial charge in [-0.2, -0.15) is 0 Å². The van der Waals surface area contributed by atoms with E-state index in [9.17, 15) is 4.79 Å². The van der Waals surface area contributed by atoms with Crippen LogP contribution in [0.2, 0.25) is 0 Å². The summed E-state index contributed by atoms with van der Waals surface area (Å²) < 4.78 is 5.22. The van der Waals surface area contributed by atoms with Gasteiger partial charge in [-0.15, -0.1) is 0 Å². The van der Waals surface area contributed by atoms with E-state index in [2.05, 4.69) is 10.6 Å². The van der Waals surface area contributed by atoms with Crippen LogP contribution in [-0.2, 0) is 4.79 Å². The van der Waals surface area contributed by atoms with Crippen LogP contribution in [0, 0.1) is 0 Å². The lowest BCUT2D eigenvalue weighted by Gasteiger charge is -2.20. The molecule has 0 unspecified atom stereocenters. The predicted molar refractivity (Wildman–Crippen MR) is 74.0 cm³/mol. The van der Waals surface area contributed by atoms with E-state index in [0.29, 0.717) is 13.0 Å². The van der Waals surface area contributed by atoms with E-state index in [-0.39, 0.29) is 11.4 Å². The molecular formula is C14H22N2O2. The summed E-state index contributed by atoms with van der Waals surface area (Å²) in [7, 11) is 1.63. The largest absolute Gasteiger partial charge is 0.495 e. The van der Waals surface area contributed by atoms with Gasteiger partial charge >= 0.3 is 0 Å². The van der Waals surface area contributed by atoms with Gasteiger partial charge in [0.15, 0.2) is 0 Å². The molecule has 4 heteroatoms. The van der Waals surface area contributed by atoms with Crippen molar-refractivity contribution in [3.63, 3.8) is 0 Å². The second-order valence-corrected chi connectivity index (χ2v) is 5.18. The quantitative estimate of drug-likeness (QED) is 0.843. The highest BCUT2D eigenvalue weighted by Crippen LogP contribution is 2.22. The Hall–Kier alpha value is -1.71. The van der Waals surface area contributed by atoms with Crippen molar-refractivity contribution in [1.82, 2.24) is 5.32 Å². The second kappa shape index (κ2) is 6.28. The summed E-state index contributed by atoms with van der Waals surface area (Å²) in [5, 5.41) is 6.12. The third-order valence-corrected chi connectivity index (χ3v) is 2.29. The Morgan fingerprint density at radius 3 is 2.56 bits per heavy atom. The average Bonchev–Trinajstić information content (AvgIpc) is 2.27. The van der Waals surface area contributed by atoms with Gasteiger partial charge in [-0.3, -0.25) is 4.79 Å². The van der Waals surface area contributed by atoms with Gasteiger partial charge in [0.25, 0.3) is 0 Å². The number of carbonyl (C=O) groups excluding carboxylic acids is 1. The molecule has 0 saturated heterocycles. The van der Waals surface area contributed by atoms with Gasteiger partial charge in [0, 0.05) is 18.5 Å². The molecule has 1 aromatic carbocycles. The standard InChI is InChI=1S/C14H22N2O2/c1-14(2,3)16-13(17)9-10-15-11-7-5-6-8-12(11)18-4/h5-8,15H,9-10H2,1-4H3,(H,16,17). The molecule has 0 saturated carbocycles. The molecule has 0 atom stereocenters. The van der Waals surface area contributed by atoms with Crippen LogP contribution in [0.4, 0.5) is 5.69 Å². The van der Waals surface area contributed by atoms with Crippen LogP contribution in [-0.4, -0.2) is 25.1 Å². The van der Waals surface area contributed by atoms with Crippen molar-refractivity contribution in [2.45, 2.75) is 32.7 Å². The van der Waals surface area contributed by atoms with Crippen molar-refractivity contribution in [2.24, 2.45) is 0 Å². The smallest absolute Gasteiger partial charge is 0.222 e. The van der Waals surface area contributed by atoms with Gasteiger partial charge in [-0.05, 0) is 32.9 Å². The number of rotatable bonds is 5. The Kier molecular flexibility index (Phi) is 5.01. The number of ether oxygens (including phenoxy) is 1. The van der Waals surface area contributed by atoms with Crippen LogP contribution in [0.25, 0.3) is 0 Å². The molecule has 0 aliphatic carbocycles. The molecule has 0 spiro atoms. The lowest BCUT2D eigenvalue weighted by molar-refractivity contribution is -0.122. The van der Waals surface area contributed by atoms with Gasteiger partial charge in [-0.25, -0.2) is 0 Å². The molecule has 0 fully saturated rings. The summed E-state index contributed by atoms with van der Waals surface area (Å²) in [5.41, 5.74) is 0.727. The molecule has 0 bridgehead atoms. The van der Waals surface area contributed by atoms with E-state index in [4.69, 9.17) is 4.74 Å². The van der Waals surface area contributed by atoms with E-state index in [1.807, 2.05) is 45.0 Å². The first-order chi connectivity index (χ1) is 8.42. The zero-order chi connectivity index (χ0) is 13.6. The highest BCUT2D eigenvalue weighted by molar-refractivity contribution is 5.77. The normalized spacial score (nSPS) is 10.9. The molecular weight excluding hydrogens is 228 g/mol. The molecule has 0 radical (unpaired) electrons. The fourth-order valence-corrected chi connectivity index (χ4v) is 1.58. The Balaban J connectivity index is 2.40. The number of anilines is 1. The van der Waals surface area contributed by atoms with Crippen molar-refractivity contribution in [3.05, 3.63) is 24.3 Å². The number of hydrogen-bond acceptors (Lipinski definition) is 3. The molecule has 0 aliphatic rings. The molecule has 1 rings (SSSR count). The molecule has 4 nitrogen and oxygen atoms in total. The van der Waals surface area contributed by atoms with Gasteiger partial charge in [0.2, 0.25) is 5.91 Å². The van der Waals surface area contributed by atoms with E-state index >= 15 is 0 Å². The zero-order valence-corrected chi connectivity index (χ0v) is 11.5. The Morgan fingerprint density at radius 1 is 1.28 bits per heavy atom. The first-order valence-electron chi connectivity index (χ1n) is 6.10. The van der Waals surface area contributed by atoms with Crippen molar-refractivity contribution in [2.75, 3.05) is 19.0 Å². The molecule has 100 valence electrons. The lowest BCUT2D eigenvalue weighted by Crippen LogP contribution is -2.41. The molecule has 1 amide bonds. The third-order valence-electron chi connectivity index (χ3n) is 2.29.